The molecule has 2 aromatic carbocycles. The third kappa shape index (κ3) is 3.60. The maximum absolute atomic E-state index is 13.9. The second-order valence-electron chi connectivity index (χ2n) is 5.83. The predicted octanol–water partition coefficient (Wildman–Crippen LogP) is 2.52. The first-order valence-corrected chi connectivity index (χ1v) is 9.29. The van der Waals surface area contributed by atoms with Gasteiger partial charge in [-0.1, -0.05) is 6.07 Å². The number of hydrogen-bond donors (Lipinski definition) is 0. The molecule has 0 bridgehead atoms. The minimum absolute atomic E-state index is 0.0434. The van der Waals surface area contributed by atoms with Gasteiger partial charge in [0.25, 0.3) is 5.69 Å². The molecule has 0 aromatic heterocycles. The van der Waals surface area contributed by atoms with Crippen molar-refractivity contribution >= 4 is 21.4 Å². The van der Waals surface area contributed by atoms with Gasteiger partial charge in [0.05, 0.1) is 11.0 Å². The summed E-state index contributed by atoms with van der Waals surface area (Å²) >= 11 is 0. The van der Waals surface area contributed by atoms with Crippen LogP contribution >= 0.6 is 0 Å². The van der Waals surface area contributed by atoms with Gasteiger partial charge in [0.2, 0.25) is 10.0 Å². The molecule has 0 saturated carbocycles. The molecule has 1 fully saturated rings. The van der Waals surface area contributed by atoms with Crippen molar-refractivity contribution in [2.45, 2.75) is 4.90 Å². The lowest BCUT2D eigenvalue weighted by atomic mass is 10.2. The molecule has 0 amide bonds. The van der Waals surface area contributed by atoms with Crippen LogP contribution in [0.5, 0.6) is 0 Å². The van der Waals surface area contributed by atoms with Crippen LogP contribution in [0.15, 0.2) is 41.3 Å². The van der Waals surface area contributed by atoms with Crippen LogP contribution in [0.2, 0.25) is 0 Å². The van der Waals surface area contributed by atoms with Gasteiger partial charge < -0.3 is 4.90 Å². The van der Waals surface area contributed by atoms with Gasteiger partial charge in [0.15, 0.2) is 4.90 Å². The number of nitro groups is 1. The molecule has 1 aliphatic heterocycles. The van der Waals surface area contributed by atoms with Crippen molar-refractivity contribution in [3.05, 3.63) is 64.0 Å². The molecule has 2 aromatic rings. The fraction of sp³-hybridized carbons (Fsp3) is 0.250. The SMILES string of the molecule is O=[N+]([O-])c1cc(F)ccc1N1CCN(S(=O)(=O)c2c(F)cccc2F)CC1. The van der Waals surface area contributed by atoms with Gasteiger partial charge in [-0.15, -0.1) is 0 Å². The highest BCUT2D eigenvalue weighted by atomic mass is 32.2. The molecule has 1 aliphatic rings. The minimum Gasteiger partial charge on any atom is -0.363 e. The minimum atomic E-state index is -4.40. The molecule has 0 radical (unpaired) electrons. The highest BCUT2D eigenvalue weighted by molar-refractivity contribution is 7.89. The average Bonchev–Trinajstić information content (AvgIpc) is 2.61. The summed E-state index contributed by atoms with van der Waals surface area (Å²) in [6, 6.07) is 5.87. The number of halogens is 3. The first-order chi connectivity index (χ1) is 12.7. The van der Waals surface area contributed by atoms with Gasteiger partial charge in [0, 0.05) is 26.2 Å². The smallest absolute Gasteiger partial charge is 0.295 e. The summed E-state index contributed by atoms with van der Waals surface area (Å²) in [6.07, 6.45) is 0. The maximum Gasteiger partial charge on any atom is 0.295 e. The zero-order valence-corrected chi connectivity index (χ0v) is 14.6. The molecular weight excluding hydrogens is 387 g/mol. The number of benzene rings is 2. The lowest BCUT2D eigenvalue weighted by Crippen LogP contribution is -2.49. The Kier molecular flexibility index (Phi) is 5.07. The normalized spacial score (nSPS) is 15.7. The largest absolute Gasteiger partial charge is 0.363 e. The van der Waals surface area contributed by atoms with Crippen molar-refractivity contribution < 1.29 is 26.5 Å². The zero-order valence-electron chi connectivity index (χ0n) is 13.8. The van der Waals surface area contributed by atoms with Crippen LogP contribution in [-0.2, 0) is 10.0 Å². The van der Waals surface area contributed by atoms with Crippen molar-refractivity contribution in [3.63, 3.8) is 0 Å². The van der Waals surface area contributed by atoms with Gasteiger partial charge >= 0.3 is 0 Å². The molecule has 27 heavy (non-hydrogen) atoms. The predicted molar refractivity (Wildman–Crippen MR) is 90.4 cm³/mol. The van der Waals surface area contributed by atoms with E-state index in [1.54, 1.807) is 0 Å². The van der Waals surface area contributed by atoms with Crippen LogP contribution in [0.1, 0.15) is 0 Å². The summed E-state index contributed by atoms with van der Waals surface area (Å²) in [5, 5.41) is 11.1. The third-order valence-electron chi connectivity index (χ3n) is 4.23. The third-order valence-corrected chi connectivity index (χ3v) is 6.18. The van der Waals surface area contributed by atoms with E-state index in [1.165, 1.54) is 11.0 Å². The summed E-state index contributed by atoms with van der Waals surface area (Å²) in [7, 11) is -4.40. The molecule has 0 unspecified atom stereocenters. The zero-order chi connectivity index (χ0) is 19.8. The lowest BCUT2D eigenvalue weighted by Gasteiger charge is -2.35. The van der Waals surface area contributed by atoms with Crippen LogP contribution in [0.3, 0.4) is 0 Å². The molecule has 0 aliphatic carbocycles. The molecule has 1 saturated heterocycles. The molecule has 144 valence electrons. The Hall–Kier alpha value is -2.66. The quantitative estimate of drug-likeness (QED) is 0.581. The molecule has 7 nitrogen and oxygen atoms in total. The molecule has 1 heterocycles. The Morgan fingerprint density at radius 2 is 1.56 bits per heavy atom. The number of hydrogen-bond acceptors (Lipinski definition) is 5. The van der Waals surface area contributed by atoms with Gasteiger partial charge in [0.1, 0.15) is 23.1 Å². The van der Waals surface area contributed by atoms with E-state index in [0.29, 0.717) is 0 Å². The van der Waals surface area contributed by atoms with Crippen LogP contribution in [0.25, 0.3) is 0 Å². The lowest BCUT2D eigenvalue weighted by molar-refractivity contribution is -0.384. The van der Waals surface area contributed by atoms with Crippen molar-refractivity contribution in [2.24, 2.45) is 0 Å². The van der Waals surface area contributed by atoms with Crippen molar-refractivity contribution in [1.29, 1.82) is 0 Å². The fourth-order valence-electron chi connectivity index (χ4n) is 2.94. The van der Waals surface area contributed by atoms with Gasteiger partial charge in [-0.2, -0.15) is 4.31 Å². The summed E-state index contributed by atoms with van der Waals surface area (Å²) in [4.78, 5) is 10.9. The number of rotatable bonds is 4. The molecule has 0 spiro atoms. The Balaban J connectivity index is 1.83. The summed E-state index contributed by atoms with van der Waals surface area (Å²) < 4.78 is 67.0. The number of piperazine rings is 1. The van der Waals surface area contributed by atoms with E-state index in [9.17, 15) is 31.7 Å². The topological polar surface area (TPSA) is 83.8 Å². The second kappa shape index (κ2) is 7.16. The van der Waals surface area contributed by atoms with Crippen molar-refractivity contribution in [2.75, 3.05) is 31.1 Å². The maximum atomic E-state index is 13.9. The van der Waals surface area contributed by atoms with Gasteiger partial charge in [-0.3, -0.25) is 10.1 Å². The number of anilines is 1. The Bertz CT molecular complexity index is 972. The summed E-state index contributed by atoms with van der Waals surface area (Å²) in [5.74, 6) is -3.14. The summed E-state index contributed by atoms with van der Waals surface area (Å²) in [5.41, 5.74) is -0.290. The Morgan fingerprint density at radius 3 is 2.11 bits per heavy atom. The van der Waals surface area contributed by atoms with E-state index in [2.05, 4.69) is 0 Å². The second-order valence-corrected chi connectivity index (χ2v) is 7.71. The van der Waals surface area contributed by atoms with Crippen LogP contribution in [-0.4, -0.2) is 43.8 Å². The molecular formula is C16H14F3N3O4S. The van der Waals surface area contributed by atoms with E-state index in [1.807, 2.05) is 0 Å². The monoisotopic (exact) mass is 401 g/mol. The van der Waals surface area contributed by atoms with E-state index >= 15 is 0 Å². The van der Waals surface area contributed by atoms with E-state index in [0.717, 1.165) is 34.6 Å². The number of nitrogens with zero attached hydrogens (tertiary/aromatic N) is 3. The van der Waals surface area contributed by atoms with Crippen LogP contribution in [0, 0.1) is 27.6 Å². The molecule has 0 N–H and O–H groups in total. The molecule has 3 rings (SSSR count). The molecule has 11 heteroatoms. The van der Waals surface area contributed by atoms with Crippen molar-refractivity contribution in [3.8, 4) is 0 Å². The van der Waals surface area contributed by atoms with Crippen LogP contribution < -0.4 is 4.90 Å². The first kappa shape index (κ1) is 19.1. The van der Waals surface area contributed by atoms with Gasteiger partial charge in [-0.25, -0.2) is 21.6 Å². The van der Waals surface area contributed by atoms with E-state index < -0.39 is 43.0 Å². The average molecular weight is 401 g/mol. The van der Waals surface area contributed by atoms with Crippen LogP contribution in [0.4, 0.5) is 24.5 Å². The van der Waals surface area contributed by atoms with E-state index in [-0.39, 0.29) is 31.9 Å². The van der Waals surface area contributed by atoms with E-state index in [4.69, 9.17) is 0 Å². The first-order valence-electron chi connectivity index (χ1n) is 7.85. The van der Waals surface area contributed by atoms with Gasteiger partial charge in [-0.05, 0) is 24.3 Å². The number of sulfonamides is 1. The molecule has 0 atom stereocenters. The Labute approximate surface area is 152 Å². The fourth-order valence-corrected chi connectivity index (χ4v) is 4.47. The highest BCUT2D eigenvalue weighted by Gasteiger charge is 2.34. The summed E-state index contributed by atoms with van der Waals surface area (Å²) in [6.45, 7) is -0.182. The highest BCUT2D eigenvalue weighted by Crippen LogP contribution is 2.31. The Morgan fingerprint density at radius 1 is 0.963 bits per heavy atom. The van der Waals surface area contributed by atoms with Crippen molar-refractivity contribution in [1.82, 2.24) is 4.31 Å². The number of nitro benzene ring substituents is 1. The standard InChI is InChI=1S/C16H14F3N3O4S/c17-11-4-5-14(15(10-11)22(23)24)20-6-8-21(9-7-20)27(25,26)16-12(18)2-1-3-13(16)19/h1-5,10H,6-9H2.